The molecule has 0 saturated heterocycles. The molecule has 1 aromatic rings. The number of hydrogen-bond donors (Lipinski definition) is 2. The van der Waals surface area contributed by atoms with Crippen molar-refractivity contribution in [2.75, 3.05) is 20.1 Å². The van der Waals surface area contributed by atoms with Gasteiger partial charge in [-0.25, -0.2) is 0 Å². The van der Waals surface area contributed by atoms with Crippen molar-refractivity contribution in [3.8, 4) is 0 Å². The molecule has 1 aromatic carbocycles. The van der Waals surface area contributed by atoms with Crippen LogP contribution in [0.4, 0.5) is 0 Å². The van der Waals surface area contributed by atoms with E-state index in [1.165, 1.54) is 22.3 Å². The minimum absolute atomic E-state index is 0.374. The fourth-order valence-electron chi connectivity index (χ4n) is 2.11. The molecule has 1 rings (SSSR count). The summed E-state index contributed by atoms with van der Waals surface area (Å²) in [5.74, 6) is -0.950. The highest BCUT2D eigenvalue weighted by Crippen LogP contribution is 2.16. The standard InChI is InChI=1S/C15H24N2O2/c1-10-7-12(3)13(8-11(10)2)5-6-17(4)9-14(16)15(18)19/h7-8,14H,5-6,9,16H2,1-4H3,(H,18,19). The maximum atomic E-state index is 10.7. The van der Waals surface area contributed by atoms with Crippen molar-refractivity contribution in [3.63, 3.8) is 0 Å². The maximum Gasteiger partial charge on any atom is 0.321 e. The molecule has 0 aliphatic carbocycles. The highest BCUT2D eigenvalue weighted by molar-refractivity contribution is 5.73. The van der Waals surface area contributed by atoms with Gasteiger partial charge in [-0.3, -0.25) is 4.79 Å². The van der Waals surface area contributed by atoms with Crippen molar-refractivity contribution in [3.05, 3.63) is 34.4 Å². The van der Waals surface area contributed by atoms with Crippen LogP contribution in [0.1, 0.15) is 22.3 Å². The number of aryl methyl sites for hydroxylation is 3. The molecule has 0 aromatic heterocycles. The van der Waals surface area contributed by atoms with Gasteiger partial charge in [0.2, 0.25) is 0 Å². The molecule has 106 valence electrons. The lowest BCUT2D eigenvalue weighted by molar-refractivity contribution is -0.138. The highest BCUT2D eigenvalue weighted by Gasteiger charge is 2.14. The van der Waals surface area contributed by atoms with Gasteiger partial charge in [-0.2, -0.15) is 0 Å². The summed E-state index contributed by atoms with van der Waals surface area (Å²) in [6, 6.07) is 3.61. The first-order valence-electron chi connectivity index (χ1n) is 6.55. The van der Waals surface area contributed by atoms with E-state index in [0.717, 1.165) is 13.0 Å². The summed E-state index contributed by atoms with van der Waals surface area (Å²) in [5.41, 5.74) is 10.7. The second-order valence-corrected chi connectivity index (χ2v) is 5.32. The quantitative estimate of drug-likeness (QED) is 0.817. The third-order valence-electron chi connectivity index (χ3n) is 3.54. The molecule has 4 nitrogen and oxygen atoms in total. The van der Waals surface area contributed by atoms with Crippen LogP contribution in [-0.2, 0) is 11.2 Å². The largest absolute Gasteiger partial charge is 0.480 e. The Morgan fingerprint density at radius 3 is 2.42 bits per heavy atom. The van der Waals surface area contributed by atoms with E-state index in [0.29, 0.717) is 6.54 Å². The summed E-state index contributed by atoms with van der Waals surface area (Å²) < 4.78 is 0. The molecule has 0 amide bonds. The fraction of sp³-hybridized carbons (Fsp3) is 0.533. The number of hydrogen-bond acceptors (Lipinski definition) is 3. The molecule has 0 fully saturated rings. The maximum absolute atomic E-state index is 10.7. The Bertz CT molecular complexity index is 458. The Hall–Kier alpha value is -1.39. The molecule has 1 atom stereocenters. The third-order valence-corrected chi connectivity index (χ3v) is 3.54. The Kier molecular flexibility index (Phi) is 5.51. The van der Waals surface area contributed by atoms with Crippen LogP contribution in [0.5, 0.6) is 0 Å². The van der Waals surface area contributed by atoms with Crippen molar-refractivity contribution in [1.29, 1.82) is 0 Å². The number of aliphatic carboxylic acids is 1. The summed E-state index contributed by atoms with van der Waals surface area (Å²) in [6.45, 7) is 7.53. The molecule has 0 aliphatic rings. The van der Waals surface area contributed by atoms with Gasteiger partial charge in [-0.05, 0) is 56.5 Å². The molecule has 4 heteroatoms. The second-order valence-electron chi connectivity index (χ2n) is 5.32. The van der Waals surface area contributed by atoms with E-state index in [1.54, 1.807) is 0 Å². The molecule has 0 radical (unpaired) electrons. The Morgan fingerprint density at radius 2 is 1.84 bits per heavy atom. The fourth-order valence-corrected chi connectivity index (χ4v) is 2.11. The molecular formula is C15H24N2O2. The van der Waals surface area contributed by atoms with Gasteiger partial charge in [0, 0.05) is 13.1 Å². The van der Waals surface area contributed by atoms with Crippen LogP contribution in [0.2, 0.25) is 0 Å². The van der Waals surface area contributed by atoms with Crippen molar-refractivity contribution in [1.82, 2.24) is 4.90 Å². The van der Waals surface area contributed by atoms with Crippen LogP contribution in [0, 0.1) is 20.8 Å². The Labute approximate surface area is 115 Å². The molecule has 0 saturated carbocycles. The first-order chi connectivity index (χ1) is 8.81. The van der Waals surface area contributed by atoms with E-state index < -0.39 is 12.0 Å². The van der Waals surface area contributed by atoms with Gasteiger partial charge in [-0.1, -0.05) is 12.1 Å². The summed E-state index contributed by atoms with van der Waals surface area (Å²) >= 11 is 0. The van der Waals surface area contributed by atoms with E-state index in [-0.39, 0.29) is 0 Å². The van der Waals surface area contributed by atoms with Crippen molar-refractivity contribution in [2.45, 2.75) is 33.2 Å². The highest BCUT2D eigenvalue weighted by atomic mass is 16.4. The van der Waals surface area contributed by atoms with Gasteiger partial charge in [0.1, 0.15) is 6.04 Å². The first-order valence-corrected chi connectivity index (χ1v) is 6.55. The summed E-state index contributed by atoms with van der Waals surface area (Å²) in [7, 11) is 1.90. The van der Waals surface area contributed by atoms with Crippen molar-refractivity contribution >= 4 is 5.97 Å². The van der Waals surface area contributed by atoms with E-state index in [4.69, 9.17) is 10.8 Å². The number of nitrogens with two attached hydrogens (primary N) is 1. The first kappa shape index (κ1) is 15.7. The number of carboxylic acids is 1. The third kappa shape index (κ3) is 4.65. The Balaban J connectivity index is 2.57. The van der Waals surface area contributed by atoms with E-state index >= 15 is 0 Å². The van der Waals surface area contributed by atoms with Crippen molar-refractivity contribution < 1.29 is 9.90 Å². The number of benzene rings is 1. The normalized spacial score (nSPS) is 12.7. The predicted molar refractivity (Wildman–Crippen MR) is 77.5 cm³/mol. The SMILES string of the molecule is Cc1cc(C)c(CCN(C)CC(N)C(=O)O)cc1C. The lowest BCUT2D eigenvalue weighted by Gasteiger charge is -2.19. The zero-order valence-electron chi connectivity index (χ0n) is 12.2. The molecule has 19 heavy (non-hydrogen) atoms. The molecule has 0 bridgehead atoms. The van der Waals surface area contributed by atoms with Gasteiger partial charge in [-0.15, -0.1) is 0 Å². The molecule has 0 aliphatic heterocycles. The number of nitrogens with zero attached hydrogens (tertiary/aromatic N) is 1. The van der Waals surface area contributed by atoms with Crippen LogP contribution >= 0.6 is 0 Å². The van der Waals surface area contributed by atoms with Gasteiger partial charge in [0.25, 0.3) is 0 Å². The zero-order chi connectivity index (χ0) is 14.6. The molecule has 3 N–H and O–H groups in total. The monoisotopic (exact) mass is 264 g/mol. The average molecular weight is 264 g/mol. The molecule has 1 unspecified atom stereocenters. The summed E-state index contributed by atoms with van der Waals surface area (Å²) in [6.07, 6.45) is 0.912. The van der Waals surface area contributed by atoms with Crippen LogP contribution < -0.4 is 5.73 Å². The number of rotatable bonds is 6. The number of likely N-dealkylation sites (N-methyl/N-ethyl adjacent to an activating group) is 1. The summed E-state index contributed by atoms with van der Waals surface area (Å²) in [4.78, 5) is 12.7. The molecular weight excluding hydrogens is 240 g/mol. The Morgan fingerprint density at radius 1 is 1.26 bits per heavy atom. The van der Waals surface area contributed by atoms with Gasteiger partial charge >= 0.3 is 5.97 Å². The lowest BCUT2D eigenvalue weighted by Crippen LogP contribution is -2.41. The van der Waals surface area contributed by atoms with E-state index in [1.807, 2.05) is 11.9 Å². The van der Waals surface area contributed by atoms with Gasteiger partial charge in [0.05, 0.1) is 0 Å². The van der Waals surface area contributed by atoms with E-state index in [2.05, 4.69) is 32.9 Å². The summed E-state index contributed by atoms with van der Waals surface area (Å²) in [5, 5.41) is 8.78. The van der Waals surface area contributed by atoms with Gasteiger partial charge < -0.3 is 15.7 Å². The predicted octanol–water partition coefficient (Wildman–Crippen LogP) is 1.50. The smallest absolute Gasteiger partial charge is 0.321 e. The minimum atomic E-state index is -0.950. The average Bonchev–Trinajstić information content (AvgIpc) is 2.32. The van der Waals surface area contributed by atoms with Gasteiger partial charge in [0.15, 0.2) is 0 Å². The van der Waals surface area contributed by atoms with Crippen molar-refractivity contribution in [2.24, 2.45) is 5.73 Å². The van der Waals surface area contributed by atoms with Crippen LogP contribution in [0.25, 0.3) is 0 Å². The number of carbonyl (C=O) groups is 1. The van der Waals surface area contributed by atoms with Crippen LogP contribution in [-0.4, -0.2) is 42.2 Å². The minimum Gasteiger partial charge on any atom is -0.480 e. The van der Waals surface area contributed by atoms with Crippen LogP contribution in [0.3, 0.4) is 0 Å². The lowest BCUT2D eigenvalue weighted by atomic mass is 9.99. The molecule has 0 heterocycles. The van der Waals surface area contributed by atoms with Crippen LogP contribution in [0.15, 0.2) is 12.1 Å². The number of carboxylic acid groups (broad SMARTS) is 1. The second kappa shape index (κ2) is 6.68. The zero-order valence-corrected chi connectivity index (χ0v) is 12.2. The molecule has 0 spiro atoms. The topological polar surface area (TPSA) is 66.6 Å². The van der Waals surface area contributed by atoms with E-state index in [9.17, 15) is 4.79 Å².